The second kappa shape index (κ2) is 13.2. The number of alkyl halides is 3. The van der Waals surface area contributed by atoms with Gasteiger partial charge in [-0.3, -0.25) is 39.6 Å². The van der Waals surface area contributed by atoms with Crippen molar-refractivity contribution >= 4 is 64.0 Å². The van der Waals surface area contributed by atoms with Gasteiger partial charge >= 0.3 is 6.18 Å². The van der Waals surface area contributed by atoms with Crippen molar-refractivity contribution in [2.24, 2.45) is 23.7 Å². The zero-order chi connectivity index (χ0) is 40.0. The number of fused-ring (bicyclic) bond motifs is 4. The Hall–Kier alpha value is -5.80. The van der Waals surface area contributed by atoms with E-state index in [1.807, 2.05) is 6.08 Å². The third-order valence-corrected chi connectivity index (χ3v) is 12.0. The van der Waals surface area contributed by atoms with Crippen molar-refractivity contribution in [2.75, 3.05) is 10.3 Å². The van der Waals surface area contributed by atoms with Gasteiger partial charge in [-0.1, -0.05) is 59.1 Å². The summed E-state index contributed by atoms with van der Waals surface area (Å²) in [5, 5.41) is 22.4. The van der Waals surface area contributed by atoms with Crippen LogP contribution in [0, 0.1) is 40.7 Å². The molecule has 2 aliphatic carbocycles. The van der Waals surface area contributed by atoms with Gasteiger partial charge in [-0.2, -0.15) is 18.2 Å². The molecule has 3 fully saturated rings. The summed E-state index contributed by atoms with van der Waals surface area (Å²) in [5.41, 5.74) is 1.52. The van der Waals surface area contributed by atoms with E-state index in [4.69, 9.17) is 23.2 Å². The minimum Gasteiger partial charge on any atom is -0.508 e. The molecule has 3 aromatic carbocycles. The molecule has 4 amide bonds. The van der Waals surface area contributed by atoms with Gasteiger partial charge in [0.15, 0.2) is 5.82 Å². The van der Waals surface area contributed by atoms with Crippen molar-refractivity contribution in [2.45, 2.75) is 37.3 Å². The predicted molar refractivity (Wildman–Crippen MR) is 195 cm³/mol. The van der Waals surface area contributed by atoms with Gasteiger partial charge < -0.3 is 5.11 Å². The molecular formula is C39H28Cl2F3N5O7. The highest BCUT2D eigenvalue weighted by molar-refractivity contribution is 6.33. The Morgan fingerprint density at radius 2 is 1.64 bits per heavy atom. The Bertz CT molecular complexity index is 2410. The van der Waals surface area contributed by atoms with Crippen LogP contribution in [0.3, 0.4) is 0 Å². The van der Waals surface area contributed by atoms with Crippen molar-refractivity contribution < 1.29 is 42.4 Å². The van der Waals surface area contributed by atoms with E-state index in [2.05, 4.69) is 10.4 Å². The van der Waals surface area contributed by atoms with Crippen molar-refractivity contribution in [3.63, 3.8) is 0 Å². The molecule has 4 aliphatic rings. The zero-order valence-corrected chi connectivity index (χ0v) is 30.5. The highest BCUT2D eigenvalue weighted by Gasteiger charge is 2.70. The fourth-order valence-electron chi connectivity index (χ4n) is 8.99. The Kier molecular flexibility index (Phi) is 8.73. The largest absolute Gasteiger partial charge is 0.508 e. The molecule has 6 unspecified atom stereocenters. The smallest absolute Gasteiger partial charge is 0.417 e. The van der Waals surface area contributed by atoms with Crippen LogP contribution in [0.4, 0.5) is 30.4 Å². The number of hydrogen-bond acceptors (Lipinski definition) is 9. The van der Waals surface area contributed by atoms with Crippen molar-refractivity contribution in [3.8, 4) is 5.75 Å². The fraction of sp³-hybridized carbons (Fsp3) is 0.256. The lowest BCUT2D eigenvalue weighted by atomic mass is 9.49. The van der Waals surface area contributed by atoms with Gasteiger partial charge in [0.2, 0.25) is 11.8 Å². The second-order valence-electron chi connectivity index (χ2n) is 14.2. The normalized spacial score (nSPS) is 25.8. The maximum Gasteiger partial charge on any atom is 0.417 e. The molecule has 0 bridgehead atoms. The number of amides is 4. The molecule has 2 aliphatic heterocycles. The number of nitrogens with zero attached hydrogens (tertiary/aromatic N) is 4. The van der Waals surface area contributed by atoms with Gasteiger partial charge in [0.1, 0.15) is 5.75 Å². The number of hydrazine groups is 1. The molecule has 286 valence electrons. The number of aromatic hydroxyl groups is 1. The van der Waals surface area contributed by atoms with Gasteiger partial charge in [-0.25, -0.2) is 4.98 Å². The molecule has 2 N–H and O–H groups in total. The van der Waals surface area contributed by atoms with E-state index in [0.717, 1.165) is 4.90 Å². The number of pyridine rings is 1. The molecule has 1 aromatic heterocycles. The van der Waals surface area contributed by atoms with E-state index in [0.29, 0.717) is 44.6 Å². The first-order valence-electron chi connectivity index (χ1n) is 17.3. The van der Waals surface area contributed by atoms with E-state index >= 15 is 4.79 Å². The molecule has 0 radical (unpaired) electrons. The van der Waals surface area contributed by atoms with E-state index < -0.39 is 86.1 Å². The first-order valence-corrected chi connectivity index (χ1v) is 18.0. The number of phenolic OH excluding ortho intramolecular Hbond substituents is 1. The maximum atomic E-state index is 15.3. The number of halogens is 5. The fourth-order valence-corrected chi connectivity index (χ4v) is 9.33. The number of hydrogen-bond donors (Lipinski definition) is 2. The van der Waals surface area contributed by atoms with E-state index in [9.17, 15) is 42.8 Å². The summed E-state index contributed by atoms with van der Waals surface area (Å²) in [6.45, 7) is 1.66. The number of allylic oxidation sites excluding steroid dienone is 2. The number of rotatable bonds is 6. The maximum absolute atomic E-state index is 15.3. The van der Waals surface area contributed by atoms with Crippen molar-refractivity contribution in [3.05, 3.63) is 133 Å². The Morgan fingerprint density at radius 3 is 2.27 bits per heavy atom. The zero-order valence-electron chi connectivity index (χ0n) is 29.0. The molecule has 8 rings (SSSR count). The van der Waals surface area contributed by atoms with Crippen LogP contribution in [-0.2, 0) is 30.8 Å². The highest BCUT2D eigenvalue weighted by Crippen LogP contribution is 2.64. The van der Waals surface area contributed by atoms with Gasteiger partial charge in [0.05, 0.1) is 44.4 Å². The predicted octanol–water partition coefficient (Wildman–Crippen LogP) is 7.52. The number of phenols is 1. The van der Waals surface area contributed by atoms with Crippen molar-refractivity contribution in [1.29, 1.82) is 0 Å². The number of aryl methyl sites for hydroxylation is 1. The molecule has 56 heavy (non-hydrogen) atoms. The van der Waals surface area contributed by atoms with Crippen LogP contribution < -0.4 is 10.3 Å². The molecule has 2 saturated heterocycles. The second-order valence-corrected chi connectivity index (χ2v) is 15.1. The third kappa shape index (κ3) is 5.54. The number of aromatic nitrogens is 1. The van der Waals surface area contributed by atoms with Gasteiger partial charge in [-0.15, -0.1) is 0 Å². The van der Waals surface area contributed by atoms with Crippen molar-refractivity contribution in [1.82, 2.24) is 9.99 Å². The van der Waals surface area contributed by atoms with Crippen LogP contribution in [0.15, 0.2) is 90.6 Å². The monoisotopic (exact) mass is 805 g/mol. The van der Waals surface area contributed by atoms with Gasteiger partial charge in [0.25, 0.3) is 17.5 Å². The lowest BCUT2D eigenvalue weighted by molar-refractivity contribution is -0.384. The number of nitro benzene ring substituents is 1. The minimum atomic E-state index is -4.77. The first kappa shape index (κ1) is 37.1. The number of nitrogens with one attached hydrogen (secondary N) is 1. The van der Waals surface area contributed by atoms with Crippen LogP contribution in [0.25, 0.3) is 0 Å². The van der Waals surface area contributed by atoms with E-state index in [1.165, 1.54) is 30.3 Å². The summed E-state index contributed by atoms with van der Waals surface area (Å²) < 4.78 is 40.4. The molecule has 4 aromatic rings. The quantitative estimate of drug-likeness (QED) is 0.0869. The molecule has 17 heteroatoms. The number of anilines is 2. The van der Waals surface area contributed by atoms with Crippen LogP contribution in [-0.4, -0.2) is 43.7 Å². The third-order valence-electron chi connectivity index (χ3n) is 11.4. The number of benzene rings is 3. The number of non-ortho nitro benzene ring substituents is 1. The highest BCUT2D eigenvalue weighted by atomic mass is 35.5. The molecular weight excluding hydrogens is 778 g/mol. The van der Waals surface area contributed by atoms with E-state index in [-0.39, 0.29) is 30.0 Å². The van der Waals surface area contributed by atoms with Crippen LogP contribution in [0.2, 0.25) is 10.0 Å². The molecule has 12 nitrogen and oxygen atoms in total. The summed E-state index contributed by atoms with van der Waals surface area (Å²) in [6.07, 6.45) is -2.45. The van der Waals surface area contributed by atoms with Gasteiger partial charge in [0, 0.05) is 29.3 Å². The van der Waals surface area contributed by atoms with Gasteiger partial charge in [-0.05, 0) is 78.8 Å². The number of nitro groups is 1. The topological polar surface area (TPSA) is 163 Å². The number of imide groups is 2. The minimum absolute atomic E-state index is 0.0358. The molecule has 6 atom stereocenters. The SMILES string of the molecule is Cc1cc(C2C3=CCC4C(=O)N(c5ccc([N+](=O)[O-])cc5)C(=O)C4C3CC3C(=O)N(Nc4ncc(C(F)(F)F)cc4Cl)C(=O)C32c2ccc(Cl)cc2)ccc1O. The van der Waals surface area contributed by atoms with E-state index in [1.54, 1.807) is 43.3 Å². The number of carbonyl (C=O) groups excluding carboxylic acids is 4. The summed E-state index contributed by atoms with van der Waals surface area (Å²) in [7, 11) is 0. The Labute approximate surface area is 325 Å². The number of carbonyl (C=O) groups is 4. The Morgan fingerprint density at radius 1 is 0.946 bits per heavy atom. The summed E-state index contributed by atoms with van der Waals surface area (Å²) >= 11 is 12.5. The van der Waals surface area contributed by atoms with Crippen LogP contribution in [0.1, 0.15) is 41.0 Å². The average molecular weight is 807 g/mol. The Balaban J connectivity index is 1.29. The molecule has 1 saturated carbocycles. The molecule has 3 heterocycles. The lowest BCUT2D eigenvalue weighted by Gasteiger charge is -2.50. The van der Waals surface area contributed by atoms with Crippen LogP contribution in [0.5, 0.6) is 5.75 Å². The average Bonchev–Trinajstić information content (AvgIpc) is 3.54. The lowest BCUT2D eigenvalue weighted by Crippen LogP contribution is -2.53. The summed E-state index contributed by atoms with van der Waals surface area (Å²) in [5.74, 6) is -7.92. The first-order chi connectivity index (χ1) is 26.5. The molecule has 0 spiro atoms. The standard InChI is InChI=1S/C39H28Cl2F3N5O7/c1-18-14-19(2-13-30(18)50)32-25-11-12-26-31(36(53)47(34(26)51)23-7-9-24(10-8-23)49(55)56)27(25)16-28-35(52)48(37(54)38(28,32)20-3-5-22(40)6-4-20)46-33-29(41)15-21(17-45-33)39(42,43)44/h2-11,13-15,17,26-28,31-32,50H,12,16H2,1H3,(H,45,46). The summed E-state index contributed by atoms with van der Waals surface area (Å²) in [4.78, 5) is 74.0. The summed E-state index contributed by atoms with van der Waals surface area (Å²) in [6, 6.07) is 16.7. The van der Waals surface area contributed by atoms with Crippen LogP contribution >= 0.6 is 23.2 Å².